The highest BCUT2D eigenvalue weighted by atomic mass is 16.1. The van der Waals surface area contributed by atoms with Gasteiger partial charge in [0.2, 0.25) is 0 Å². The number of nitrogens with zero attached hydrogens (tertiary/aromatic N) is 3. The maximum Gasteiger partial charge on any atom is 0.267 e. The van der Waals surface area contributed by atoms with Gasteiger partial charge in [0.15, 0.2) is 0 Å². The van der Waals surface area contributed by atoms with E-state index >= 15 is 0 Å². The summed E-state index contributed by atoms with van der Waals surface area (Å²) in [4.78, 5) is 24.9. The maximum atomic E-state index is 11.3. The Bertz CT molecular complexity index is 1030. The number of amides is 1. The number of nitrogens with two attached hydrogens (primary N) is 1. The van der Waals surface area contributed by atoms with Crippen LogP contribution in [-0.4, -0.2) is 20.9 Å². The smallest absolute Gasteiger partial charge is 0.267 e. The predicted molar refractivity (Wildman–Crippen MR) is 80.9 cm³/mol. The summed E-state index contributed by atoms with van der Waals surface area (Å²) < 4.78 is 0. The summed E-state index contributed by atoms with van der Waals surface area (Å²) in [6.45, 7) is 0. The molecule has 2 aromatic carbocycles. The van der Waals surface area contributed by atoms with Crippen molar-refractivity contribution in [2.45, 2.75) is 0 Å². The van der Waals surface area contributed by atoms with Gasteiger partial charge in [0.1, 0.15) is 11.2 Å². The van der Waals surface area contributed by atoms with Crippen LogP contribution in [0.2, 0.25) is 0 Å². The topological polar surface area (TPSA) is 81.8 Å². The van der Waals surface area contributed by atoms with E-state index in [0.717, 1.165) is 21.9 Å². The van der Waals surface area contributed by atoms with E-state index in [2.05, 4.69) is 15.0 Å². The third kappa shape index (κ3) is 1.79. The summed E-state index contributed by atoms with van der Waals surface area (Å²) in [5.41, 5.74) is 9.21. The van der Waals surface area contributed by atoms with Crippen LogP contribution < -0.4 is 5.73 Å². The summed E-state index contributed by atoms with van der Waals surface area (Å²) in [5, 5.41) is 0.900. The zero-order chi connectivity index (χ0) is 14.4. The van der Waals surface area contributed by atoms with Crippen molar-refractivity contribution in [1.29, 1.82) is 0 Å². The van der Waals surface area contributed by atoms with E-state index < -0.39 is 5.91 Å². The molecular formula is C16H10N4O. The summed E-state index contributed by atoms with van der Waals surface area (Å²) in [7, 11) is 0. The largest absolute Gasteiger partial charge is 0.364 e. The molecule has 4 aromatic rings. The lowest BCUT2D eigenvalue weighted by molar-refractivity contribution is 0.0996. The van der Waals surface area contributed by atoms with Crippen molar-refractivity contribution in [2.24, 2.45) is 5.73 Å². The second kappa shape index (κ2) is 4.21. The van der Waals surface area contributed by atoms with Crippen LogP contribution in [0.4, 0.5) is 0 Å². The molecule has 0 aliphatic heterocycles. The van der Waals surface area contributed by atoms with Gasteiger partial charge in [0.25, 0.3) is 5.91 Å². The highest BCUT2D eigenvalue weighted by molar-refractivity contribution is 6.05. The molecule has 2 heterocycles. The maximum absolute atomic E-state index is 11.3. The molecule has 21 heavy (non-hydrogen) atoms. The molecule has 0 radical (unpaired) electrons. The fourth-order valence-electron chi connectivity index (χ4n) is 2.40. The number of carbonyl (C=O) groups excluding carboxylic acids is 1. The van der Waals surface area contributed by atoms with Gasteiger partial charge in [0.05, 0.1) is 22.1 Å². The van der Waals surface area contributed by atoms with Crippen LogP contribution in [0.1, 0.15) is 10.5 Å². The molecule has 5 nitrogen and oxygen atoms in total. The lowest BCUT2D eigenvalue weighted by Gasteiger charge is -2.05. The van der Waals surface area contributed by atoms with Gasteiger partial charge >= 0.3 is 0 Å². The van der Waals surface area contributed by atoms with Crippen LogP contribution in [0.15, 0.2) is 48.5 Å². The van der Waals surface area contributed by atoms with Gasteiger partial charge in [0, 0.05) is 5.39 Å². The van der Waals surface area contributed by atoms with Gasteiger partial charge in [-0.15, -0.1) is 0 Å². The number of para-hydroxylation sites is 2. The molecule has 0 bridgehead atoms. The van der Waals surface area contributed by atoms with Gasteiger partial charge in [-0.3, -0.25) is 4.79 Å². The van der Waals surface area contributed by atoms with Crippen LogP contribution in [0.5, 0.6) is 0 Å². The predicted octanol–water partition coefficient (Wildman–Crippen LogP) is 2.43. The summed E-state index contributed by atoms with van der Waals surface area (Å²) in [6.07, 6.45) is 0. The van der Waals surface area contributed by atoms with E-state index in [9.17, 15) is 4.79 Å². The van der Waals surface area contributed by atoms with Gasteiger partial charge in [-0.2, -0.15) is 0 Å². The molecular weight excluding hydrogens is 264 g/mol. The first-order valence-electron chi connectivity index (χ1n) is 6.48. The number of hydrogen-bond donors (Lipinski definition) is 1. The molecule has 0 unspecified atom stereocenters. The molecule has 0 saturated carbocycles. The monoisotopic (exact) mass is 274 g/mol. The van der Waals surface area contributed by atoms with E-state index in [0.29, 0.717) is 11.0 Å². The first kappa shape index (κ1) is 11.7. The van der Waals surface area contributed by atoms with E-state index in [1.54, 1.807) is 6.07 Å². The van der Waals surface area contributed by atoms with E-state index in [4.69, 9.17) is 5.73 Å². The molecule has 5 heteroatoms. The molecule has 0 aliphatic carbocycles. The van der Waals surface area contributed by atoms with Crippen molar-refractivity contribution in [1.82, 2.24) is 15.0 Å². The van der Waals surface area contributed by atoms with Crippen molar-refractivity contribution >= 4 is 38.9 Å². The SMILES string of the molecule is NC(=O)c1ccc2ccc3nc4ccccc4nc3c2n1. The zero-order valence-electron chi connectivity index (χ0n) is 10.9. The Balaban J connectivity index is 2.17. The van der Waals surface area contributed by atoms with Crippen molar-refractivity contribution in [3.63, 3.8) is 0 Å². The molecule has 0 fully saturated rings. The van der Waals surface area contributed by atoms with Crippen molar-refractivity contribution in [3.8, 4) is 0 Å². The molecule has 1 amide bonds. The number of benzene rings is 2. The minimum atomic E-state index is -0.553. The number of carbonyl (C=O) groups is 1. The van der Waals surface area contributed by atoms with Crippen molar-refractivity contribution < 1.29 is 4.79 Å². The molecule has 4 rings (SSSR count). The van der Waals surface area contributed by atoms with Crippen LogP contribution >= 0.6 is 0 Å². The number of aromatic nitrogens is 3. The lowest BCUT2D eigenvalue weighted by atomic mass is 10.1. The standard InChI is InChI=1S/C16H10N4O/c17-16(21)13-8-6-9-5-7-12-15(14(9)20-13)19-11-4-2-1-3-10(11)18-12/h1-8H,(H2,17,21). The van der Waals surface area contributed by atoms with E-state index in [-0.39, 0.29) is 5.69 Å². The third-order valence-corrected chi connectivity index (χ3v) is 3.42. The number of primary amides is 1. The average Bonchev–Trinajstić information content (AvgIpc) is 2.52. The molecule has 100 valence electrons. The highest BCUT2D eigenvalue weighted by Gasteiger charge is 2.09. The Morgan fingerprint density at radius 1 is 0.762 bits per heavy atom. The first-order chi connectivity index (χ1) is 10.2. The summed E-state index contributed by atoms with van der Waals surface area (Å²) in [5.74, 6) is -0.553. The first-order valence-corrected chi connectivity index (χ1v) is 6.48. The fourth-order valence-corrected chi connectivity index (χ4v) is 2.40. The minimum Gasteiger partial charge on any atom is -0.364 e. The normalized spacial score (nSPS) is 11.2. The Kier molecular flexibility index (Phi) is 2.35. The average molecular weight is 274 g/mol. The van der Waals surface area contributed by atoms with Crippen molar-refractivity contribution in [2.75, 3.05) is 0 Å². The van der Waals surface area contributed by atoms with E-state index in [1.807, 2.05) is 42.5 Å². The second-order valence-electron chi connectivity index (χ2n) is 4.78. The summed E-state index contributed by atoms with van der Waals surface area (Å²) in [6, 6.07) is 14.9. The van der Waals surface area contributed by atoms with Crippen LogP contribution in [0.3, 0.4) is 0 Å². The van der Waals surface area contributed by atoms with Gasteiger partial charge in [-0.25, -0.2) is 15.0 Å². The zero-order valence-corrected chi connectivity index (χ0v) is 10.9. The Hall–Kier alpha value is -3.08. The van der Waals surface area contributed by atoms with Gasteiger partial charge in [-0.05, 0) is 24.3 Å². The molecule has 2 N–H and O–H groups in total. The molecule has 0 saturated heterocycles. The molecule has 0 atom stereocenters. The Morgan fingerprint density at radius 3 is 2.24 bits per heavy atom. The highest BCUT2D eigenvalue weighted by Crippen LogP contribution is 2.23. The minimum absolute atomic E-state index is 0.227. The molecule has 0 spiro atoms. The fraction of sp³-hybridized carbons (Fsp3) is 0. The lowest BCUT2D eigenvalue weighted by Crippen LogP contribution is -2.12. The van der Waals surface area contributed by atoms with Gasteiger partial charge < -0.3 is 5.73 Å². The third-order valence-electron chi connectivity index (χ3n) is 3.42. The van der Waals surface area contributed by atoms with Crippen LogP contribution in [-0.2, 0) is 0 Å². The van der Waals surface area contributed by atoms with Crippen LogP contribution in [0.25, 0.3) is 33.0 Å². The van der Waals surface area contributed by atoms with Gasteiger partial charge in [-0.1, -0.05) is 24.3 Å². The van der Waals surface area contributed by atoms with Crippen LogP contribution in [0, 0.1) is 0 Å². The quantitative estimate of drug-likeness (QED) is 0.427. The number of fused-ring (bicyclic) bond motifs is 4. The number of rotatable bonds is 1. The Labute approximate surface area is 119 Å². The number of pyridine rings is 1. The van der Waals surface area contributed by atoms with Crippen molar-refractivity contribution in [3.05, 3.63) is 54.2 Å². The Morgan fingerprint density at radius 2 is 1.48 bits per heavy atom. The molecule has 2 aromatic heterocycles. The summed E-state index contributed by atoms with van der Waals surface area (Å²) >= 11 is 0. The second-order valence-corrected chi connectivity index (χ2v) is 4.78. The molecule has 0 aliphatic rings. The number of hydrogen-bond acceptors (Lipinski definition) is 4. The van der Waals surface area contributed by atoms with E-state index in [1.165, 1.54) is 0 Å².